The largest absolute Gasteiger partial charge is 0.496 e. The predicted octanol–water partition coefficient (Wildman–Crippen LogP) is 0.975. The van der Waals surface area contributed by atoms with Gasteiger partial charge in [0, 0.05) is 18.2 Å². The van der Waals surface area contributed by atoms with Crippen molar-refractivity contribution in [2.75, 3.05) is 12.4 Å². The van der Waals surface area contributed by atoms with Gasteiger partial charge in [-0.25, -0.2) is 0 Å². The van der Waals surface area contributed by atoms with Crippen molar-refractivity contribution < 1.29 is 9.53 Å². The van der Waals surface area contributed by atoms with Crippen molar-refractivity contribution in [2.45, 2.75) is 11.7 Å². The summed E-state index contributed by atoms with van der Waals surface area (Å²) in [5.41, 5.74) is 0. The van der Waals surface area contributed by atoms with Crippen LogP contribution in [0.25, 0.3) is 0 Å². The van der Waals surface area contributed by atoms with E-state index in [0.717, 1.165) is 18.1 Å². The van der Waals surface area contributed by atoms with Gasteiger partial charge in [-0.1, -0.05) is 0 Å². The molecule has 0 spiro atoms. The monoisotopic (exact) mass is 156 g/mol. The maximum absolute atomic E-state index is 10.8. The Morgan fingerprint density at radius 2 is 2.60 bits per heavy atom. The molecular weight excluding hydrogens is 148 g/mol. The van der Waals surface area contributed by atoms with Crippen LogP contribution in [0, 0.1) is 0 Å². The summed E-state index contributed by atoms with van der Waals surface area (Å²) < 4.78 is 5.29. The van der Waals surface area contributed by atoms with Gasteiger partial charge in [-0.15, -0.1) is 11.8 Å². The summed E-state index contributed by atoms with van der Waals surface area (Å²) in [6, 6.07) is 0. The summed E-state index contributed by atoms with van der Waals surface area (Å²) >= 11 is 1.82. The molecule has 1 heterocycles. The first-order valence-corrected chi connectivity index (χ1v) is 4.40. The number of carbonyl (C=O) groups excluding carboxylic acids is 1. The van der Waals surface area contributed by atoms with Crippen LogP contribution >= 0.6 is 11.8 Å². The van der Waals surface area contributed by atoms with Crippen LogP contribution in [0.5, 0.6) is 0 Å². The summed E-state index contributed by atoms with van der Waals surface area (Å²) in [5, 5.41) is 0.348. The lowest BCUT2D eigenvalue weighted by Crippen LogP contribution is -2.15. The van der Waals surface area contributed by atoms with Crippen molar-refractivity contribution in [3.05, 3.63) is 11.8 Å². The number of ketones is 1. The van der Waals surface area contributed by atoms with Gasteiger partial charge in [-0.05, 0) is 0 Å². The second-order valence-electron chi connectivity index (χ2n) is 2.43. The molecule has 1 aliphatic heterocycles. The normalized spacial score (nSPS) is 31.0. The highest BCUT2D eigenvalue weighted by atomic mass is 32.2. The maximum atomic E-state index is 10.8. The van der Waals surface area contributed by atoms with Crippen molar-refractivity contribution in [2.24, 2.45) is 0 Å². The average molecular weight is 156 g/mol. The highest BCUT2D eigenvalue weighted by molar-refractivity contribution is 8.00. The third-order valence-corrected chi connectivity index (χ3v) is 2.88. The van der Waals surface area contributed by atoms with E-state index in [-0.39, 0.29) is 5.78 Å². The number of hydrogen-bond donors (Lipinski definition) is 0. The Labute approximate surface area is 63.6 Å². The number of thioether (sulfide) groups is 1. The van der Waals surface area contributed by atoms with E-state index in [1.807, 2.05) is 11.8 Å². The number of fused-ring (bicyclic) bond motifs is 1. The zero-order valence-corrected chi connectivity index (χ0v) is 6.32. The molecule has 0 saturated carbocycles. The Hall–Kier alpha value is -0.440. The van der Waals surface area contributed by atoms with Crippen LogP contribution in [-0.2, 0) is 9.53 Å². The standard InChI is InChI=1S/C7H8O2S/c8-5-3-6-7(4-5)10-2-1-9-6/h3,7H,1-2,4H2. The van der Waals surface area contributed by atoms with Crippen LogP contribution in [0.3, 0.4) is 0 Å². The minimum absolute atomic E-state index is 0.217. The second-order valence-corrected chi connectivity index (χ2v) is 3.74. The molecule has 0 amide bonds. The van der Waals surface area contributed by atoms with E-state index in [1.165, 1.54) is 0 Å². The number of rotatable bonds is 0. The Morgan fingerprint density at radius 3 is 3.40 bits per heavy atom. The molecule has 1 unspecified atom stereocenters. The smallest absolute Gasteiger partial charge is 0.160 e. The maximum Gasteiger partial charge on any atom is 0.160 e. The van der Waals surface area contributed by atoms with Crippen LogP contribution in [0.4, 0.5) is 0 Å². The molecule has 10 heavy (non-hydrogen) atoms. The van der Waals surface area contributed by atoms with Crippen LogP contribution in [-0.4, -0.2) is 23.4 Å². The molecule has 1 saturated heterocycles. The van der Waals surface area contributed by atoms with Crippen LogP contribution < -0.4 is 0 Å². The summed E-state index contributed by atoms with van der Waals surface area (Å²) in [6.07, 6.45) is 2.29. The molecule has 0 aromatic rings. The van der Waals surface area contributed by atoms with E-state index in [4.69, 9.17) is 4.74 Å². The van der Waals surface area contributed by atoms with Crippen molar-refractivity contribution in [3.8, 4) is 0 Å². The zero-order chi connectivity index (χ0) is 6.97. The zero-order valence-electron chi connectivity index (χ0n) is 5.50. The van der Waals surface area contributed by atoms with Gasteiger partial charge < -0.3 is 4.74 Å². The molecule has 1 aliphatic carbocycles. The quantitative estimate of drug-likeness (QED) is 0.523. The minimum atomic E-state index is 0.217. The molecule has 3 heteroatoms. The molecule has 1 atom stereocenters. The number of carbonyl (C=O) groups is 1. The summed E-state index contributed by atoms with van der Waals surface area (Å²) in [7, 11) is 0. The van der Waals surface area contributed by atoms with Gasteiger partial charge in [-0.2, -0.15) is 0 Å². The fourth-order valence-electron chi connectivity index (χ4n) is 1.22. The van der Waals surface area contributed by atoms with E-state index in [0.29, 0.717) is 11.7 Å². The highest BCUT2D eigenvalue weighted by Gasteiger charge is 2.29. The summed E-state index contributed by atoms with van der Waals surface area (Å²) in [4.78, 5) is 10.8. The molecule has 0 aromatic heterocycles. The molecule has 2 aliphatic rings. The third kappa shape index (κ3) is 0.944. The van der Waals surface area contributed by atoms with E-state index in [9.17, 15) is 4.79 Å². The molecule has 0 N–H and O–H groups in total. The molecule has 0 radical (unpaired) electrons. The van der Waals surface area contributed by atoms with Crippen LogP contribution in [0.15, 0.2) is 11.8 Å². The van der Waals surface area contributed by atoms with Crippen molar-refractivity contribution in [3.63, 3.8) is 0 Å². The van der Waals surface area contributed by atoms with Gasteiger partial charge >= 0.3 is 0 Å². The summed E-state index contributed by atoms with van der Waals surface area (Å²) in [6.45, 7) is 0.764. The van der Waals surface area contributed by atoms with Crippen LogP contribution in [0.1, 0.15) is 6.42 Å². The fourth-order valence-corrected chi connectivity index (χ4v) is 2.27. The van der Waals surface area contributed by atoms with E-state index >= 15 is 0 Å². The molecule has 2 nitrogen and oxygen atoms in total. The minimum Gasteiger partial charge on any atom is -0.496 e. The first-order chi connectivity index (χ1) is 4.86. The molecule has 54 valence electrons. The van der Waals surface area contributed by atoms with Gasteiger partial charge in [0.25, 0.3) is 0 Å². The SMILES string of the molecule is O=C1C=C2OCCSC2C1. The molecule has 0 bridgehead atoms. The van der Waals surface area contributed by atoms with Crippen LogP contribution in [0.2, 0.25) is 0 Å². The lowest BCUT2D eigenvalue weighted by Gasteiger charge is -2.20. The molecule has 2 rings (SSSR count). The first kappa shape index (κ1) is 6.28. The fraction of sp³-hybridized carbons (Fsp3) is 0.571. The predicted molar refractivity (Wildman–Crippen MR) is 39.9 cm³/mol. The lowest BCUT2D eigenvalue weighted by molar-refractivity contribution is -0.113. The number of hydrogen-bond acceptors (Lipinski definition) is 3. The Balaban J connectivity index is 2.17. The van der Waals surface area contributed by atoms with Crippen molar-refractivity contribution in [1.29, 1.82) is 0 Å². The van der Waals surface area contributed by atoms with Gasteiger partial charge in [0.1, 0.15) is 5.76 Å². The molecule has 0 aromatic carbocycles. The van der Waals surface area contributed by atoms with Gasteiger partial charge in [0.2, 0.25) is 0 Å². The third-order valence-electron chi connectivity index (χ3n) is 1.68. The second kappa shape index (κ2) is 2.31. The van der Waals surface area contributed by atoms with Gasteiger partial charge in [-0.3, -0.25) is 4.79 Å². The number of ether oxygens (including phenoxy) is 1. The van der Waals surface area contributed by atoms with E-state index in [1.54, 1.807) is 6.08 Å². The van der Waals surface area contributed by atoms with E-state index < -0.39 is 0 Å². The Bertz CT molecular complexity index is 198. The summed E-state index contributed by atoms with van der Waals surface area (Å²) in [5.74, 6) is 2.14. The van der Waals surface area contributed by atoms with E-state index in [2.05, 4.69) is 0 Å². The molecular formula is C7H8O2S. The highest BCUT2D eigenvalue weighted by Crippen LogP contribution is 2.32. The van der Waals surface area contributed by atoms with Gasteiger partial charge in [0.15, 0.2) is 5.78 Å². The molecule has 1 fully saturated rings. The first-order valence-electron chi connectivity index (χ1n) is 3.35. The topological polar surface area (TPSA) is 26.3 Å². The Kier molecular flexibility index (Phi) is 1.45. The van der Waals surface area contributed by atoms with Crippen molar-refractivity contribution >= 4 is 17.5 Å². The van der Waals surface area contributed by atoms with Crippen molar-refractivity contribution in [1.82, 2.24) is 0 Å². The lowest BCUT2D eigenvalue weighted by atomic mass is 10.3. The average Bonchev–Trinajstić information content (AvgIpc) is 2.27. The Morgan fingerprint density at radius 1 is 1.70 bits per heavy atom. The number of allylic oxidation sites excluding steroid dienone is 1. The van der Waals surface area contributed by atoms with Gasteiger partial charge in [0.05, 0.1) is 11.9 Å².